The van der Waals surface area contributed by atoms with E-state index in [9.17, 15) is 13.2 Å². The first-order valence-electron chi connectivity index (χ1n) is 5.23. The molecule has 0 radical (unpaired) electrons. The van der Waals surface area contributed by atoms with Crippen molar-refractivity contribution < 1.29 is 17.9 Å². The lowest BCUT2D eigenvalue weighted by atomic mass is 9.85. The Bertz CT molecular complexity index is 488. The van der Waals surface area contributed by atoms with E-state index in [4.69, 9.17) is 10.00 Å². The van der Waals surface area contributed by atoms with Gasteiger partial charge in [0.15, 0.2) is 15.3 Å². The van der Waals surface area contributed by atoms with Crippen LogP contribution in [0, 0.1) is 16.7 Å². The van der Waals surface area contributed by atoms with Gasteiger partial charge in [0.25, 0.3) is 0 Å². The van der Waals surface area contributed by atoms with Gasteiger partial charge in [-0.1, -0.05) is 6.58 Å². The summed E-state index contributed by atoms with van der Waals surface area (Å²) in [6, 6.07) is 1.88. The summed E-state index contributed by atoms with van der Waals surface area (Å²) in [4.78, 5) is 11.8. The first kappa shape index (κ1) is 13.7. The molecule has 0 amide bonds. The van der Waals surface area contributed by atoms with E-state index in [2.05, 4.69) is 6.58 Å². The summed E-state index contributed by atoms with van der Waals surface area (Å²) >= 11 is 0. The summed E-state index contributed by atoms with van der Waals surface area (Å²) in [6.45, 7) is 5.44. The average molecular weight is 257 g/mol. The number of rotatable bonds is 3. The van der Waals surface area contributed by atoms with E-state index in [0.717, 1.165) is 6.26 Å². The minimum absolute atomic E-state index is 0.0556. The molecule has 1 rings (SSSR count). The molecule has 5 nitrogen and oxygen atoms in total. The van der Waals surface area contributed by atoms with Crippen molar-refractivity contribution >= 4 is 15.8 Å². The molecule has 2 atom stereocenters. The summed E-state index contributed by atoms with van der Waals surface area (Å²) in [5.74, 6) is -0.696. The molecule has 1 aliphatic carbocycles. The van der Waals surface area contributed by atoms with Crippen LogP contribution in [0.5, 0.6) is 0 Å². The molecule has 94 valence electrons. The largest absolute Gasteiger partial charge is 0.465 e. The van der Waals surface area contributed by atoms with Crippen molar-refractivity contribution in [2.45, 2.75) is 25.0 Å². The van der Waals surface area contributed by atoms with Crippen molar-refractivity contribution in [3.05, 3.63) is 12.2 Å². The van der Waals surface area contributed by atoms with Crippen LogP contribution in [-0.4, -0.2) is 32.5 Å². The van der Waals surface area contributed by atoms with Crippen LogP contribution in [0.2, 0.25) is 0 Å². The number of nitrogens with zero attached hydrogens (tertiary/aromatic N) is 1. The highest BCUT2D eigenvalue weighted by atomic mass is 32.2. The van der Waals surface area contributed by atoms with E-state index < -0.39 is 26.5 Å². The second kappa shape index (κ2) is 4.49. The number of carbonyl (C=O) groups excluding carboxylic acids is 1. The molecule has 0 saturated heterocycles. The highest BCUT2D eigenvalue weighted by molar-refractivity contribution is 7.91. The highest BCUT2D eigenvalue weighted by Crippen LogP contribution is 2.45. The molecule has 0 aromatic rings. The first-order valence-corrected chi connectivity index (χ1v) is 7.19. The Balaban J connectivity index is 3.09. The number of hydrogen-bond acceptors (Lipinski definition) is 5. The summed E-state index contributed by atoms with van der Waals surface area (Å²) in [6.07, 6.45) is 1.19. The fourth-order valence-electron chi connectivity index (χ4n) is 1.96. The third-order valence-corrected chi connectivity index (χ3v) is 4.58. The maximum absolute atomic E-state index is 11.8. The monoisotopic (exact) mass is 257 g/mol. The van der Waals surface area contributed by atoms with Crippen LogP contribution < -0.4 is 0 Å². The van der Waals surface area contributed by atoms with E-state index in [1.54, 1.807) is 6.92 Å². The van der Waals surface area contributed by atoms with Gasteiger partial charge in [-0.2, -0.15) is 5.26 Å². The van der Waals surface area contributed by atoms with Gasteiger partial charge in [0.1, 0.15) is 0 Å². The summed E-state index contributed by atoms with van der Waals surface area (Å²) in [5.41, 5.74) is -1.17. The number of carbonyl (C=O) groups is 1. The van der Waals surface area contributed by atoms with Crippen LogP contribution >= 0.6 is 0 Å². The van der Waals surface area contributed by atoms with E-state index in [1.807, 2.05) is 6.07 Å². The van der Waals surface area contributed by atoms with Gasteiger partial charge in [0.05, 0.1) is 17.9 Å². The molecule has 0 heterocycles. The zero-order valence-electron chi connectivity index (χ0n) is 9.89. The van der Waals surface area contributed by atoms with Gasteiger partial charge in [0, 0.05) is 6.26 Å². The molecule has 6 heteroatoms. The van der Waals surface area contributed by atoms with Crippen LogP contribution in [0.25, 0.3) is 0 Å². The minimum Gasteiger partial charge on any atom is -0.465 e. The molecule has 0 aromatic carbocycles. The van der Waals surface area contributed by atoms with Crippen molar-refractivity contribution in [3.63, 3.8) is 0 Å². The Kier molecular flexibility index (Phi) is 3.62. The van der Waals surface area contributed by atoms with Crippen LogP contribution in [0.1, 0.15) is 19.8 Å². The van der Waals surface area contributed by atoms with Crippen molar-refractivity contribution in [1.82, 2.24) is 0 Å². The van der Waals surface area contributed by atoms with Crippen molar-refractivity contribution in [1.29, 1.82) is 5.26 Å². The van der Waals surface area contributed by atoms with E-state index in [1.165, 1.54) is 0 Å². The van der Waals surface area contributed by atoms with Gasteiger partial charge in [0.2, 0.25) is 0 Å². The van der Waals surface area contributed by atoms with Crippen LogP contribution in [0.3, 0.4) is 0 Å². The maximum atomic E-state index is 11.8. The lowest BCUT2D eigenvalue weighted by Gasteiger charge is -2.19. The maximum Gasteiger partial charge on any atom is 0.330 e. The molecule has 0 aromatic heterocycles. The zero-order chi connectivity index (χ0) is 13.3. The Morgan fingerprint density at radius 3 is 2.65 bits per heavy atom. The molecule has 1 fully saturated rings. The lowest BCUT2D eigenvalue weighted by Crippen LogP contribution is -2.31. The standard InChI is InChI=1S/C11H15NO4S/c1-4-16-10(13)11(7-12)6-9(5-8(11)2)17(3,14)15/h9H,2,4-6H2,1,3H3/t9-,11-/m0/s1. The van der Waals surface area contributed by atoms with E-state index in [0.29, 0.717) is 5.57 Å². The molecular weight excluding hydrogens is 242 g/mol. The summed E-state index contributed by atoms with van der Waals surface area (Å²) in [5, 5.41) is 8.44. The average Bonchev–Trinajstić information content (AvgIpc) is 2.56. The summed E-state index contributed by atoms with van der Waals surface area (Å²) < 4.78 is 27.8. The molecule has 1 aliphatic rings. The Hall–Kier alpha value is -1.35. The van der Waals surface area contributed by atoms with Gasteiger partial charge in [-0.25, -0.2) is 13.2 Å². The fourth-order valence-corrected chi connectivity index (χ4v) is 3.02. The highest BCUT2D eigenvalue weighted by Gasteiger charge is 2.52. The molecule has 1 saturated carbocycles. The third kappa shape index (κ3) is 2.34. The van der Waals surface area contributed by atoms with E-state index >= 15 is 0 Å². The quantitative estimate of drug-likeness (QED) is 0.552. The van der Waals surface area contributed by atoms with E-state index in [-0.39, 0.29) is 19.4 Å². The fraction of sp³-hybridized carbons (Fsp3) is 0.636. The minimum atomic E-state index is -3.28. The van der Waals surface area contributed by atoms with Crippen molar-refractivity contribution in [3.8, 4) is 6.07 Å². The van der Waals surface area contributed by atoms with Crippen LogP contribution in [-0.2, 0) is 19.4 Å². The second-order valence-corrected chi connectivity index (χ2v) is 6.53. The summed E-state index contributed by atoms with van der Waals surface area (Å²) in [7, 11) is -3.28. The van der Waals surface area contributed by atoms with Gasteiger partial charge < -0.3 is 4.74 Å². The molecule has 0 unspecified atom stereocenters. The Morgan fingerprint density at radius 2 is 2.29 bits per heavy atom. The number of ether oxygens (including phenoxy) is 1. The number of nitriles is 1. The number of esters is 1. The van der Waals surface area contributed by atoms with Gasteiger partial charge in [-0.15, -0.1) is 0 Å². The van der Waals surface area contributed by atoms with Gasteiger partial charge in [-0.05, 0) is 25.3 Å². The van der Waals surface area contributed by atoms with Gasteiger partial charge in [-0.3, -0.25) is 0 Å². The molecule has 0 aliphatic heterocycles. The van der Waals surface area contributed by atoms with Crippen LogP contribution in [0.15, 0.2) is 12.2 Å². The number of hydrogen-bond donors (Lipinski definition) is 0. The lowest BCUT2D eigenvalue weighted by molar-refractivity contribution is -0.149. The second-order valence-electron chi connectivity index (χ2n) is 4.20. The number of sulfone groups is 1. The SMILES string of the molecule is C=C1C[C@H](S(C)(=O)=O)C[C@@]1(C#N)C(=O)OCC. The normalized spacial score (nSPS) is 28.8. The van der Waals surface area contributed by atoms with Crippen molar-refractivity contribution in [2.75, 3.05) is 12.9 Å². The predicted molar refractivity (Wildman–Crippen MR) is 61.7 cm³/mol. The first-order chi connectivity index (χ1) is 7.78. The molecule has 0 N–H and O–H groups in total. The topological polar surface area (TPSA) is 84.2 Å². The smallest absolute Gasteiger partial charge is 0.330 e. The third-order valence-electron chi connectivity index (χ3n) is 3.03. The zero-order valence-corrected chi connectivity index (χ0v) is 10.7. The molecule has 17 heavy (non-hydrogen) atoms. The predicted octanol–water partition coefficient (Wildman–Crippen LogP) is 0.823. The van der Waals surface area contributed by atoms with Gasteiger partial charge >= 0.3 is 5.97 Å². The Morgan fingerprint density at radius 1 is 1.71 bits per heavy atom. The molecular formula is C11H15NO4S. The Labute approximate surface area is 101 Å². The van der Waals surface area contributed by atoms with Crippen molar-refractivity contribution in [2.24, 2.45) is 5.41 Å². The molecule has 0 bridgehead atoms. The molecule has 0 spiro atoms. The van der Waals surface area contributed by atoms with Crippen LogP contribution in [0.4, 0.5) is 0 Å².